The number of ether oxygens (including phenoxy) is 4. The molecule has 0 N–H and O–H groups in total. The van der Waals surface area contributed by atoms with Crippen molar-refractivity contribution in [2.75, 3.05) is 0 Å². The fraction of sp³-hybridized carbons (Fsp3) is 0.250. The van der Waals surface area contributed by atoms with Gasteiger partial charge in [-0.3, -0.25) is 0 Å². The summed E-state index contributed by atoms with van der Waals surface area (Å²) in [4.78, 5) is 38.0. The van der Waals surface area contributed by atoms with Crippen molar-refractivity contribution >= 4 is 17.9 Å². The Kier molecular flexibility index (Phi) is 7.90. The van der Waals surface area contributed by atoms with Crippen LogP contribution in [-0.2, 0) is 18.9 Å². The Labute approximate surface area is 203 Å². The van der Waals surface area contributed by atoms with Gasteiger partial charge in [-0.15, -0.1) is 0 Å². The average molecular weight is 475 g/mol. The van der Waals surface area contributed by atoms with Crippen molar-refractivity contribution in [3.05, 3.63) is 108 Å². The van der Waals surface area contributed by atoms with E-state index in [1.807, 2.05) is 13.0 Å². The van der Waals surface area contributed by atoms with Crippen LogP contribution in [0.15, 0.2) is 91.0 Å². The number of esters is 3. The van der Waals surface area contributed by atoms with Crippen LogP contribution in [0.5, 0.6) is 0 Å². The number of benzene rings is 3. The van der Waals surface area contributed by atoms with Gasteiger partial charge in [0.2, 0.25) is 6.29 Å². The van der Waals surface area contributed by atoms with Crippen LogP contribution in [0.25, 0.3) is 0 Å². The van der Waals surface area contributed by atoms with E-state index in [0.29, 0.717) is 23.1 Å². The molecule has 1 aliphatic heterocycles. The highest BCUT2D eigenvalue weighted by atomic mass is 16.7. The van der Waals surface area contributed by atoms with E-state index < -0.39 is 42.5 Å². The minimum atomic E-state index is -1.15. The van der Waals surface area contributed by atoms with E-state index in [1.54, 1.807) is 84.9 Å². The highest BCUT2D eigenvalue weighted by Gasteiger charge is 2.45. The van der Waals surface area contributed by atoms with Crippen LogP contribution in [-0.4, -0.2) is 42.5 Å². The van der Waals surface area contributed by atoms with Crippen molar-refractivity contribution in [3.8, 4) is 0 Å². The molecule has 1 heterocycles. The monoisotopic (exact) mass is 474 g/mol. The van der Waals surface area contributed by atoms with Gasteiger partial charge in [0.15, 0.2) is 6.10 Å². The van der Waals surface area contributed by atoms with Crippen LogP contribution < -0.4 is 0 Å². The molecule has 0 spiro atoms. The molecule has 35 heavy (non-hydrogen) atoms. The molecule has 4 atom stereocenters. The predicted molar refractivity (Wildman–Crippen MR) is 127 cm³/mol. The molecule has 180 valence electrons. The first kappa shape index (κ1) is 24.2. The Morgan fingerprint density at radius 2 is 1.20 bits per heavy atom. The van der Waals surface area contributed by atoms with Crippen molar-refractivity contribution in [3.63, 3.8) is 0 Å². The molecule has 4 rings (SSSR count). The molecule has 0 bridgehead atoms. The Hall–Kier alpha value is -3.97. The molecule has 7 nitrogen and oxygen atoms in total. The van der Waals surface area contributed by atoms with E-state index in [9.17, 15) is 14.4 Å². The van der Waals surface area contributed by atoms with Crippen LogP contribution in [0.4, 0.5) is 0 Å². The van der Waals surface area contributed by atoms with E-state index >= 15 is 0 Å². The van der Waals surface area contributed by atoms with Gasteiger partial charge in [-0.25, -0.2) is 14.4 Å². The highest BCUT2D eigenvalue weighted by molar-refractivity contribution is 5.90. The quantitative estimate of drug-likeness (QED) is 0.342. The van der Waals surface area contributed by atoms with Crippen LogP contribution in [0, 0.1) is 0 Å². The molecule has 3 aromatic rings. The maximum Gasteiger partial charge on any atom is 0.340 e. The second-order valence-corrected chi connectivity index (χ2v) is 8.08. The normalized spacial score (nSPS) is 20.0. The minimum absolute atomic E-state index is 0.200. The van der Waals surface area contributed by atoms with Gasteiger partial charge in [0.05, 0.1) is 16.7 Å². The molecule has 7 heteroatoms. The summed E-state index contributed by atoms with van der Waals surface area (Å²) < 4.78 is 23.0. The Bertz CT molecular complexity index is 1070. The Morgan fingerprint density at radius 1 is 0.743 bits per heavy atom. The summed E-state index contributed by atoms with van der Waals surface area (Å²) in [6.07, 6.45) is -2.61. The number of carbonyl (C=O) groups is 3. The first-order valence-corrected chi connectivity index (χ1v) is 11.5. The lowest BCUT2D eigenvalue weighted by Crippen LogP contribution is -2.32. The molecule has 0 saturated carbocycles. The predicted octanol–water partition coefficient (Wildman–Crippen LogP) is 4.82. The molecule has 4 unspecified atom stereocenters. The molecule has 3 aromatic carbocycles. The summed E-state index contributed by atoms with van der Waals surface area (Å²) in [5, 5.41) is 0. The van der Waals surface area contributed by atoms with Crippen molar-refractivity contribution in [2.45, 2.75) is 44.4 Å². The summed E-state index contributed by atoms with van der Waals surface area (Å²) >= 11 is 0. The van der Waals surface area contributed by atoms with E-state index in [2.05, 4.69) is 0 Å². The number of hydrogen-bond acceptors (Lipinski definition) is 7. The molecular formula is C28H26O7. The molecule has 0 amide bonds. The van der Waals surface area contributed by atoms with Crippen LogP contribution >= 0.6 is 0 Å². The maximum absolute atomic E-state index is 12.7. The lowest BCUT2D eigenvalue weighted by Gasteiger charge is -2.22. The number of rotatable bonds is 8. The summed E-state index contributed by atoms with van der Waals surface area (Å²) in [6, 6.07) is 25.6. The maximum atomic E-state index is 12.7. The lowest BCUT2D eigenvalue weighted by molar-refractivity contribution is -0.152. The lowest BCUT2D eigenvalue weighted by atomic mass is 10.1. The Morgan fingerprint density at radius 3 is 1.69 bits per heavy atom. The summed E-state index contributed by atoms with van der Waals surface area (Å²) in [5.74, 6) is -1.65. The van der Waals surface area contributed by atoms with Crippen molar-refractivity contribution in [1.82, 2.24) is 0 Å². The molecule has 1 saturated heterocycles. The summed E-state index contributed by atoms with van der Waals surface area (Å²) in [6.45, 7) is 1.86. The standard InChI is InChI=1S/C28H26O7/c1-2-22(32-25(29)19-12-6-3-7-13-19)23-18-24(33-26(30)20-14-8-4-9-15-20)28(34-23)35-27(31)21-16-10-5-11-17-21/h3-17,22-24,28H,2,18H2,1H3. The smallest absolute Gasteiger partial charge is 0.340 e. The second kappa shape index (κ2) is 11.4. The zero-order valence-electron chi connectivity index (χ0n) is 19.2. The van der Waals surface area contributed by atoms with Gasteiger partial charge in [-0.2, -0.15) is 0 Å². The van der Waals surface area contributed by atoms with Gasteiger partial charge in [0, 0.05) is 6.42 Å². The third-order valence-electron chi connectivity index (χ3n) is 5.66. The highest BCUT2D eigenvalue weighted by Crippen LogP contribution is 2.30. The third-order valence-corrected chi connectivity index (χ3v) is 5.66. The largest absolute Gasteiger partial charge is 0.456 e. The van der Waals surface area contributed by atoms with Crippen LogP contribution in [0.3, 0.4) is 0 Å². The van der Waals surface area contributed by atoms with E-state index in [1.165, 1.54) is 0 Å². The molecule has 0 aliphatic carbocycles. The molecule has 1 fully saturated rings. The van der Waals surface area contributed by atoms with E-state index in [4.69, 9.17) is 18.9 Å². The topological polar surface area (TPSA) is 88.1 Å². The minimum Gasteiger partial charge on any atom is -0.456 e. The van der Waals surface area contributed by atoms with Crippen molar-refractivity contribution < 1.29 is 33.3 Å². The van der Waals surface area contributed by atoms with Gasteiger partial charge in [0.25, 0.3) is 0 Å². The molecular weight excluding hydrogens is 448 g/mol. The molecule has 0 aromatic heterocycles. The summed E-state index contributed by atoms with van der Waals surface area (Å²) in [5.41, 5.74) is 1.13. The Balaban J connectivity index is 1.49. The number of hydrogen-bond donors (Lipinski definition) is 0. The fourth-order valence-corrected chi connectivity index (χ4v) is 3.83. The zero-order valence-corrected chi connectivity index (χ0v) is 19.2. The van der Waals surface area contributed by atoms with Gasteiger partial charge in [-0.05, 0) is 42.8 Å². The second-order valence-electron chi connectivity index (χ2n) is 8.08. The molecule has 1 aliphatic rings. The number of carbonyl (C=O) groups excluding carboxylic acids is 3. The van der Waals surface area contributed by atoms with Crippen LogP contribution in [0.1, 0.15) is 50.8 Å². The SMILES string of the molecule is CCC(OC(=O)c1ccccc1)C1CC(OC(=O)c2ccccc2)C(OC(=O)c2ccccc2)O1. The van der Waals surface area contributed by atoms with Gasteiger partial charge in [0.1, 0.15) is 12.2 Å². The first-order chi connectivity index (χ1) is 17.0. The van der Waals surface area contributed by atoms with Gasteiger partial charge >= 0.3 is 17.9 Å². The van der Waals surface area contributed by atoms with E-state index in [-0.39, 0.29) is 6.42 Å². The van der Waals surface area contributed by atoms with Crippen LogP contribution in [0.2, 0.25) is 0 Å². The van der Waals surface area contributed by atoms with E-state index in [0.717, 1.165) is 0 Å². The third kappa shape index (κ3) is 6.13. The van der Waals surface area contributed by atoms with Crippen molar-refractivity contribution in [1.29, 1.82) is 0 Å². The zero-order chi connectivity index (χ0) is 24.6. The van der Waals surface area contributed by atoms with Gasteiger partial charge in [-0.1, -0.05) is 61.5 Å². The first-order valence-electron chi connectivity index (χ1n) is 11.5. The fourth-order valence-electron chi connectivity index (χ4n) is 3.83. The van der Waals surface area contributed by atoms with Crippen molar-refractivity contribution in [2.24, 2.45) is 0 Å². The average Bonchev–Trinajstić information content (AvgIpc) is 3.30. The molecule has 0 radical (unpaired) electrons. The summed E-state index contributed by atoms with van der Waals surface area (Å²) in [7, 11) is 0. The van der Waals surface area contributed by atoms with Gasteiger partial charge < -0.3 is 18.9 Å².